The van der Waals surface area contributed by atoms with Gasteiger partial charge in [0.15, 0.2) is 0 Å². The van der Waals surface area contributed by atoms with Crippen LogP contribution in [0.5, 0.6) is 5.75 Å². The number of benzene rings is 1. The van der Waals surface area contributed by atoms with Crippen molar-refractivity contribution in [2.75, 3.05) is 7.11 Å². The van der Waals surface area contributed by atoms with E-state index in [1.807, 2.05) is 24.3 Å². The third-order valence-electron chi connectivity index (χ3n) is 5.89. The molecule has 0 spiro atoms. The average molecular weight is 425 g/mol. The van der Waals surface area contributed by atoms with Gasteiger partial charge in [-0.1, -0.05) is 37.3 Å². The van der Waals surface area contributed by atoms with Gasteiger partial charge in [-0.05, 0) is 49.3 Å². The quantitative estimate of drug-likeness (QED) is 0.469. The van der Waals surface area contributed by atoms with Crippen LogP contribution in [-0.4, -0.2) is 12.2 Å². The van der Waals surface area contributed by atoms with Crippen LogP contribution in [0.1, 0.15) is 64.7 Å². The molecule has 1 aliphatic carbocycles. The van der Waals surface area contributed by atoms with Crippen molar-refractivity contribution in [3.8, 4) is 5.75 Å². The topological polar surface area (TPSA) is 59.7 Å². The molecule has 0 bridgehead atoms. The first-order valence-electron chi connectivity index (χ1n) is 10.6. The lowest BCUT2D eigenvalue weighted by Gasteiger charge is -2.18. The number of hydrogen-bond acceptors (Lipinski definition) is 5. The van der Waals surface area contributed by atoms with Crippen molar-refractivity contribution < 1.29 is 14.3 Å². The molecule has 1 aliphatic rings. The summed E-state index contributed by atoms with van der Waals surface area (Å²) < 4.78 is 11.0. The average Bonchev–Trinajstić information content (AvgIpc) is 3.48. The second-order valence-electron chi connectivity index (χ2n) is 8.08. The SMILES string of the molecule is CCC(Cc1ccccc1)c1cc(O)c(C(c2ccc(COC)s2)C2CC2)c(=O)o1. The molecule has 2 aromatic heterocycles. The smallest absolute Gasteiger partial charge is 0.343 e. The summed E-state index contributed by atoms with van der Waals surface area (Å²) in [4.78, 5) is 15.3. The first kappa shape index (κ1) is 20.9. The summed E-state index contributed by atoms with van der Waals surface area (Å²) in [7, 11) is 1.68. The molecular formula is C25H28O4S. The lowest BCUT2D eigenvalue weighted by molar-refractivity contribution is 0.187. The van der Waals surface area contributed by atoms with Crippen LogP contribution in [0.3, 0.4) is 0 Å². The number of aromatic hydroxyl groups is 1. The van der Waals surface area contributed by atoms with Crippen molar-refractivity contribution in [2.45, 2.75) is 51.0 Å². The van der Waals surface area contributed by atoms with Crippen LogP contribution in [0.15, 0.2) is 57.7 Å². The molecule has 1 N–H and O–H groups in total. The van der Waals surface area contributed by atoms with Crippen LogP contribution >= 0.6 is 11.3 Å². The monoisotopic (exact) mass is 424 g/mol. The summed E-state index contributed by atoms with van der Waals surface area (Å²) >= 11 is 1.65. The molecule has 2 heterocycles. The summed E-state index contributed by atoms with van der Waals surface area (Å²) in [5, 5.41) is 10.9. The lowest BCUT2D eigenvalue weighted by atomic mass is 9.90. The highest BCUT2D eigenvalue weighted by Crippen LogP contribution is 2.49. The summed E-state index contributed by atoms with van der Waals surface area (Å²) in [6.45, 7) is 2.63. The Morgan fingerprint density at radius 3 is 2.60 bits per heavy atom. The highest BCUT2D eigenvalue weighted by atomic mass is 32.1. The minimum atomic E-state index is -0.407. The molecule has 158 valence electrons. The van der Waals surface area contributed by atoms with E-state index in [9.17, 15) is 9.90 Å². The molecule has 5 heteroatoms. The molecular weight excluding hydrogens is 396 g/mol. The second kappa shape index (κ2) is 9.19. The van der Waals surface area contributed by atoms with Crippen molar-refractivity contribution >= 4 is 11.3 Å². The van der Waals surface area contributed by atoms with Gasteiger partial charge >= 0.3 is 5.63 Å². The minimum Gasteiger partial charge on any atom is -0.507 e. The van der Waals surface area contributed by atoms with Crippen LogP contribution in [0.25, 0.3) is 0 Å². The van der Waals surface area contributed by atoms with Gasteiger partial charge < -0.3 is 14.3 Å². The van der Waals surface area contributed by atoms with Crippen LogP contribution in [0.2, 0.25) is 0 Å². The fourth-order valence-electron chi connectivity index (χ4n) is 4.16. The molecule has 1 aromatic carbocycles. The van der Waals surface area contributed by atoms with E-state index in [2.05, 4.69) is 25.1 Å². The molecule has 1 fully saturated rings. The lowest BCUT2D eigenvalue weighted by Crippen LogP contribution is -2.17. The van der Waals surface area contributed by atoms with E-state index in [4.69, 9.17) is 9.15 Å². The number of hydrogen-bond donors (Lipinski definition) is 1. The molecule has 0 amide bonds. The molecule has 0 saturated heterocycles. The van der Waals surface area contributed by atoms with Crippen LogP contribution in [0, 0.1) is 5.92 Å². The number of ether oxygens (including phenoxy) is 1. The number of thiophene rings is 1. The van der Waals surface area contributed by atoms with E-state index in [0.717, 1.165) is 35.4 Å². The van der Waals surface area contributed by atoms with E-state index in [1.54, 1.807) is 24.5 Å². The Morgan fingerprint density at radius 2 is 1.97 bits per heavy atom. The highest BCUT2D eigenvalue weighted by molar-refractivity contribution is 7.12. The largest absolute Gasteiger partial charge is 0.507 e. The molecule has 0 radical (unpaired) electrons. The van der Waals surface area contributed by atoms with Gasteiger partial charge in [0.2, 0.25) is 0 Å². The second-order valence-corrected chi connectivity index (χ2v) is 9.28. The fourth-order valence-corrected chi connectivity index (χ4v) is 5.35. The zero-order chi connectivity index (χ0) is 21.1. The van der Waals surface area contributed by atoms with Crippen LogP contribution in [0.4, 0.5) is 0 Å². The predicted molar refractivity (Wildman–Crippen MR) is 119 cm³/mol. The van der Waals surface area contributed by atoms with Crippen molar-refractivity contribution in [3.05, 3.63) is 85.6 Å². The normalized spacial score (nSPS) is 15.8. The zero-order valence-electron chi connectivity index (χ0n) is 17.5. The third kappa shape index (κ3) is 4.52. The standard InChI is InChI=1S/C25H28O4S/c1-3-17(13-16-7-5-4-6-8-16)21-14-20(26)24(25(27)29-21)23(18-9-10-18)22-12-11-19(30-22)15-28-2/h4-8,11-12,14,17-18,23,26H,3,9-10,13,15H2,1-2H3. The van der Waals surface area contributed by atoms with Crippen LogP contribution in [-0.2, 0) is 17.8 Å². The Balaban J connectivity index is 1.66. The zero-order valence-corrected chi connectivity index (χ0v) is 18.3. The van der Waals surface area contributed by atoms with E-state index in [0.29, 0.717) is 23.8 Å². The Bertz CT molecular complexity index is 1030. The molecule has 2 atom stereocenters. The van der Waals surface area contributed by atoms with Gasteiger partial charge in [0.05, 0.1) is 12.2 Å². The van der Waals surface area contributed by atoms with Gasteiger partial charge in [0.25, 0.3) is 0 Å². The van der Waals surface area contributed by atoms with Crippen molar-refractivity contribution in [1.29, 1.82) is 0 Å². The van der Waals surface area contributed by atoms with Gasteiger partial charge in [0, 0.05) is 34.8 Å². The van der Waals surface area contributed by atoms with Gasteiger partial charge in [-0.2, -0.15) is 0 Å². The Morgan fingerprint density at radius 1 is 1.20 bits per heavy atom. The van der Waals surface area contributed by atoms with E-state index < -0.39 is 5.63 Å². The Hall–Kier alpha value is -2.37. The summed E-state index contributed by atoms with van der Waals surface area (Å²) in [6.07, 6.45) is 3.73. The molecule has 2 unspecified atom stereocenters. The summed E-state index contributed by atoms with van der Waals surface area (Å²) in [5.41, 5.74) is 1.19. The molecule has 0 aliphatic heterocycles. The maximum absolute atomic E-state index is 13.1. The van der Waals surface area contributed by atoms with E-state index >= 15 is 0 Å². The predicted octanol–water partition coefficient (Wildman–Crippen LogP) is 5.83. The molecule has 1 saturated carbocycles. The van der Waals surface area contributed by atoms with Crippen LogP contribution < -0.4 is 5.63 Å². The van der Waals surface area contributed by atoms with Crippen molar-refractivity contribution in [2.24, 2.45) is 5.92 Å². The molecule has 30 heavy (non-hydrogen) atoms. The molecule has 4 nitrogen and oxygen atoms in total. The number of methoxy groups -OCH3 is 1. The molecule has 3 aromatic rings. The highest BCUT2D eigenvalue weighted by Gasteiger charge is 2.38. The first-order valence-corrected chi connectivity index (χ1v) is 11.4. The van der Waals surface area contributed by atoms with Crippen molar-refractivity contribution in [1.82, 2.24) is 0 Å². The van der Waals surface area contributed by atoms with Crippen molar-refractivity contribution in [3.63, 3.8) is 0 Å². The first-order chi connectivity index (χ1) is 14.6. The Labute approximate surface area is 181 Å². The maximum Gasteiger partial charge on any atom is 0.343 e. The van der Waals surface area contributed by atoms with Gasteiger partial charge in [-0.3, -0.25) is 0 Å². The summed E-state index contributed by atoms with van der Waals surface area (Å²) in [5.74, 6) is 0.944. The maximum atomic E-state index is 13.1. The number of rotatable bonds is 9. The minimum absolute atomic E-state index is 0.0504. The van der Waals surface area contributed by atoms with Gasteiger partial charge in [-0.15, -0.1) is 11.3 Å². The fraction of sp³-hybridized carbons (Fsp3) is 0.400. The Kier molecular flexibility index (Phi) is 6.40. The summed E-state index contributed by atoms with van der Waals surface area (Å²) in [6, 6.07) is 15.9. The van der Waals surface area contributed by atoms with E-state index in [-0.39, 0.29) is 17.6 Å². The molecule has 4 rings (SSSR count). The third-order valence-corrected chi connectivity index (χ3v) is 7.03. The van der Waals surface area contributed by atoms with Gasteiger partial charge in [-0.25, -0.2) is 4.79 Å². The van der Waals surface area contributed by atoms with Gasteiger partial charge in [0.1, 0.15) is 11.5 Å². The van der Waals surface area contributed by atoms with E-state index in [1.165, 1.54) is 5.56 Å².